The Morgan fingerprint density at radius 2 is 2.25 bits per heavy atom. The number of carbonyl (C=O) groups excluding carboxylic acids is 1. The highest BCUT2D eigenvalue weighted by Crippen LogP contribution is 1.89. The fourth-order valence-corrected chi connectivity index (χ4v) is 0.815. The van der Waals surface area contributed by atoms with Crippen LogP contribution in [0, 0.1) is 0 Å². The van der Waals surface area contributed by atoms with E-state index in [1.165, 1.54) is 0 Å². The third kappa shape index (κ3) is 5.09. The van der Waals surface area contributed by atoms with Gasteiger partial charge in [0.05, 0.1) is 12.6 Å². The maximum Gasteiger partial charge on any atom is 0.221 e. The molecule has 1 amide bonds. The standard InChI is InChI=1S/C8H18N2O2/c1-3-7(6-11)10-8(12)4-5-9-2/h7,9,11H,3-6H2,1-2H3,(H,10,12)/t7-/m0/s1. The first-order valence-corrected chi connectivity index (χ1v) is 4.29. The Kier molecular flexibility index (Phi) is 6.70. The van der Waals surface area contributed by atoms with E-state index in [2.05, 4.69) is 10.6 Å². The van der Waals surface area contributed by atoms with Gasteiger partial charge in [-0.05, 0) is 13.5 Å². The fourth-order valence-electron chi connectivity index (χ4n) is 0.815. The Labute approximate surface area is 73.3 Å². The molecule has 0 aliphatic heterocycles. The van der Waals surface area contributed by atoms with Crippen LogP contribution in [-0.2, 0) is 4.79 Å². The number of aliphatic hydroxyl groups excluding tert-OH is 1. The molecule has 0 rings (SSSR count). The highest BCUT2D eigenvalue weighted by Gasteiger charge is 2.07. The minimum atomic E-state index is -0.0886. The second-order valence-electron chi connectivity index (χ2n) is 2.71. The molecule has 0 fully saturated rings. The highest BCUT2D eigenvalue weighted by molar-refractivity contribution is 5.76. The van der Waals surface area contributed by atoms with E-state index in [1.54, 1.807) is 7.05 Å². The van der Waals surface area contributed by atoms with E-state index < -0.39 is 0 Å². The molecule has 0 aromatic carbocycles. The predicted octanol–water partition coefficient (Wildman–Crippen LogP) is -0.517. The van der Waals surface area contributed by atoms with Gasteiger partial charge in [-0.3, -0.25) is 4.79 Å². The van der Waals surface area contributed by atoms with Crippen molar-refractivity contribution in [1.29, 1.82) is 0 Å². The zero-order valence-electron chi connectivity index (χ0n) is 7.76. The van der Waals surface area contributed by atoms with Gasteiger partial charge in [0, 0.05) is 13.0 Å². The SMILES string of the molecule is CC[C@@H](CO)NC(=O)CCNC. The van der Waals surface area contributed by atoms with Gasteiger partial charge in [-0.25, -0.2) is 0 Å². The average molecular weight is 174 g/mol. The van der Waals surface area contributed by atoms with Crippen molar-refractivity contribution in [3.8, 4) is 0 Å². The molecule has 0 aliphatic rings. The Balaban J connectivity index is 3.52. The number of nitrogens with one attached hydrogen (secondary N) is 2. The van der Waals surface area contributed by atoms with Crippen LogP contribution in [-0.4, -0.2) is 37.3 Å². The number of hydrogen-bond donors (Lipinski definition) is 3. The molecule has 0 aliphatic carbocycles. The molecule has 0 unspecified atom stereocenters. The van der Waals surface area contributed by atoms with E-state index in [1.807, 2.05) is 6.92 Å². The van der Waals surface area contributed by atoms with Crippen LogP contribution >= 0.6 is 0 Å². The summed E-state index contributed by atoms with van der Waals surface area (Å²) >= 11 is 0. The van der Waals surface area contributed by atoms with Crippen LogP contribution in [0.4, 0.5) is 0 Å². The molecule has 4 nitrogen and oxygen atoms in total. The van der Waals surface area contributed by atoms with Crippen molar-refractivity contribution in [3.05, 3.63) is 0 Å². The van der Waals surface area contributed by atoms with Gasteiger partial charge in [0.25, 0.3) is 0 Å². The number of hydrogen-bond acceptors (Lipinski definition) is 3. The molecule has 72 valence electrons. The van der Waals surface area contributed by atoms with Gasteiger partial charge < -0.3 is 15.7 Å². The third-order valence-corrected chi connectivity index (χ3v) is 1.68. The van der Waals surface area contributed by atoms with Crippen LogP contribution in [0.25, 0.3) is 0 Å². The maximum atomic E-state index is 11.1. The van der Waals surface area contributed by atoms with E-state index in [4.69, 9.17) is 5.11 Å². The molecule has 4 heteroatoms. The van der Waals surface area contributed by atoms with Crippen LogP contribution in [0.5, 0.6) is 0 Å². The summed E-state index contributed by atoms with van der Waals surface area (Å²) in [5.74, 6) is -0.00903. The van der Waals surface area contributed by atoms with Crippen molar-refractivity contribution in [2.24, 2.45) is 0 Å². The minimum Gasteiger partial charge on any atom is -0.394 e. The Bertz CT molecular complexity index is 124. The van der Waals surface area contributed by atoms with Crippen molar-refractivity contribution >= 4 is 5.91 Å². The molecule has 3 N–H and O–H groups in total. The minimum absolute atomic E-state index is 0.00903. The van der Waals surface area contributed by atoms with Crippen molar-refractivity contribution in [2.75, 3.05) is 20.2 Å². The van der Waals surface area contributed by atoms with Crippen molar-refractivity contribution in [3.63, 3.8) is 0 Å². The number of carbonyl (C=O) groups is 1. The molecule has 1 atom stereocenters. The summed E-state index contributed by atoms with van der Waals surface area (Å²) in [6.45, 7) is 2.62. The zero-order chi connectivity index (χ0) is 9.40. The average Bonchev–Trinajstić information content (AvgIpc) is 2.10. The molecule has 0 aromatic rings. The lowest BCUT2D eigenvalue weighted by Crippen LogP contribution is -2.37. The summed E-state index contributed by atoms with van der Waals surface area (Å²) in [7, 11) is 1.80. The van der Waals surface area contributed by atoms with Crippen LogP contribution in [0.3, 0.4) is 0 Å². The lowest BCUT2D eigenvalue weighted by atomic mass is 10.2. The van der Waals surface area contributed by atoms with Crippen LogP contribution in [0.2, 0.25) is 0 Å². The van der Waals surface area contributed by atoms with E-state index >= 15 is 0 Å². The smallest absolute Gasteiger partial charge is 0.221 e. The molecule has 0 spiro atoms. The van der Waals surface area contributed by atoms with Crippen molar-refractivity contribution < 1.29 is 9.90 Å². The number of aliphatic hydroxyl groups is 1. The molecule has 0 heterocycles. The predicted molar refractivity (Wildman–Crippen MR) is 47.9 cm³/mol. The highest BCUT2D eigenvalue weighted by atomic mass is 16.3. The Morgan fingerprint density at radius 1 is 1.58 bits per heavy atom. The van der Waals surface area contributed by atoms with Gasteiger partial charge in [0.15, 0.2) is 0 Å². The van der Waals surface area contributed by atoms with Crippen molar-refractivity contribution in [1.82, 2.24) is 10.6 Å². The normalized spacial score (nSPS) is 12.6. The number of amides is 1. The maximum absolute atomic E-state index is 11.1. The van der Waals surface area contributed by atoms with E-state index in [9.17, 15) is 4.79 Å². The summed E-state index contributed by atoms with van der Waals surface area (Å²) in [5, 5.41) is 14.4. The van der Waals surface area contributed by atoms with Gasteiger partial charge >= 0.3 is 0 Å². The topological polar surface area (TPSA) is 61.4 Å². The molecule has 0 radical (unpaired) electrons. The third-order valence-electron chi connectivity index (χ3n) is 1.68. The molecule has 0 aromatic heterocycles. The molecular formula is C8H18N2O2. The first-order valence-electron chi connectivity index (χ1n) is 4.29. The quantitative estimate of drug-likeness (QED) is 0.508. The molecule has 0 saturated heterocycles. The van der Waals surface area contributed by atoms with Gasteiger partial charge in [0.1, 0.15) is 0 Å². The summed E-state index contributed by atoms with van der Waals surface area (Å²) < 4.78 is 0. The Hall–Kier alpha value is -0.610. The molecular weight excluding hydrogens is 156 g/mol. The van der Waals surface area contributed by atoms with Gasteiger partial charge in [-0.15, -0.1) is 0 Å². The van der Waals surface area contributed by atoms with Crippen molar-refractivity contribution in [2.45, 2.75) is 25.8 Å². The molecule has 0 bridgehead atoms. The van der Waals surface area contributed by atoms with Crippen LogP contribution < -0.4 is 10.6 Å². The first kappa shape index (κ1) is 11.4. The van der Waals surface area contributed by atoms with E-state index in [-0.39, 0.29) is 18.6 Å². The first-order chi connectivity index (χ1) is 5.74. The van der Waals surface area contributed by atoms with Crippen LogP contribution in [0.1, 0.15) is 19.8 Å². The van der Waals surface area contributed by atoms with E-state index in [0.29, 0.717) is 13.0 Å². The summed E-state index contributed by atoms with van der Waals surface area (Å²) in [5.41, 5.74) is 0. The van der Waals surface area contributed by atoms with Gasteiger partial charge in [-0.2, -0.15) is 0 Å². The second-order valence-corrected chi connectivity index (χ2v) is 2.71. The summed E-state index contributed by atoms with van der Waals surface area (Å²) in [6.07, 6.45) is 1.23. The van der Waals surface area contributed by atoms with Gasteiger partial charge in [0.2, 0.25) is 5.91 Å². The summed E-state index contributed by atoms with van der Waals surface area (Å²) in [4.78, 5) is 11.1. The summed E-state index contributed by atoms with van der Waals surface area (Å²) in [6, 6.07) is -0.0886. The van der Waals surface area contributed by atoms with Gasteiger partial charge in [-0.1, -0.05) is 6.92 Å². The molecule has 0 saturated carbocycles. The largest absolute Gasteiger partial charge is 0.394 e. The van der Waals surface area contributed by atoms with E-state index in [0.717, 1.165) is 6.42 Å². The Morgan fingerprint density at radius 3 is 2.67 bits per heavy atom. The number of rotatable bonds is 6. The lowest BCUT2D eigenvalue weighted by Gasteiger charge is -2.13. The zero-order valence-corrected chi connectivity index (χ0v) is 7.76. The van der Waals surface area contributed by atoms with Crippen LogP contribution in [0.15, 0.2) is 0 Å². The lowest BCUT2D eigenvalue weighted by molar-refractivity contribution is -0.122. The molecule has 12 heavy (non-hydrogen) atoms. The fraction of sp³-hybridized carbons (Fsp3) is 0.875. The monoisotopic (exact) mass is 174 g/mol. The second kappa shape index (κ2) is 7.06.